The number of hydrogen-bond acceptors (Lipinski definition) is 27. The molecule has 19 amide bonds. The lowest BCUT2D eigenvalue weighted by molar-refractivity contribution is -0.149. The number of fused-ring (bicyclic) bond motifs is 4. The number of imidazole rings is 1. The van der Waals surface area contributed by atoms with E-state index in [4.69, 9.17) is 28.3 Å². The van der Waals surface area contributed by atoms with Crippen LogP contribution in [0.25, 0.3) is 21.0 Å². The molecule has 0 unspecified atom stereocenters. The average Bonchev–Trinajstić information content (AvgIpc) is 1.71. The molecule has 9 rings (SSSR count). The minimum atomic E-state index is -1.83. The highest BCUT2D eigenvalue weighted by atomic mass is 32.2. The molecule has 0 radical (unpaired) electrons. The van der Waals surface area contributed by atoms with Crippen LogP contribution < -0.4 is 92.1 Å². The lowest BCUT2D eigenvalue weighted by Crippen LogP contribution is -2.61. The Labute approximate surface area is 869 Å². The average molecular weight is 2110 g/mol. The highest BCUT2D eigenvalue weighted by Crippen LogP contribution is 2.32. The number of likely N-dealkylation sites (N-methyl/N-ethyl adjacent to an activating group) is 3. The Hall–Kier alpha value is -14.7. The number of nitrogens with zero attached hydrogens (tertiary/aromatic N) is 6. The Bertz CT molecular complexity index is 5750. The van der Waals surface area contributed by atoms with Gasteiger partial charge in [-0.2, -0.15) is 0 Å². The number of carbonyl (C=O) groups is 20. The molecule has 3 aromatic carbocycles. The second-order valence-electron chi connectivity index (χ2n) is 37.8. The number of carbonyl (C=O) groups excluding carboxylic acids is 20. The van der Waals surface area contributed by atoms with Crippen molar-refractivity contribution in [1.29, 1.82) is 5.41 Å². The van der Waals surface area contributed by atoms with Crippen LogP contribution in [-0.4, -0.2) is 343 Å². The maximum atomic E-state index is 15.9. The number of Topliss-reactive ketones (excluding diaryl/α,β-unsaturated/α-hetero) is 1. The van der Waals surface area contributed by atoms with E-state index in [0.717, 1.165) is 24.3 Å². The number of aliphatic hydroxyl groups is 1. The molecular weight excluding hydrogens is 1970 g/mol. The number of primary amides is 2. The third kappa shape index (κ3) is 34.4. The number of thioether (sulfide) groups is 1. The molecular formula is C99H140N26O22S2. The third-order valence-corrected chi connectivity index (χ3v) is 28.3. The maximum absolute atomic E-state index is 15.9. The van der Waals surface area contributed by atoms with Crippen molar-refractivity contribution in [3.63, 3.8) is 0 Å². The first-order chi connectivity index (χ1) is 71.0. The van der Waals surface area contributed by atoms with Gasteiger partial charge in [-0.3, -0.25) is 101 Å². The first-order valence-corrected chi connectivity index (χ1v) is 51.8. The quantitative estimate of drug-likeness (QED) is 0.0108. The molecule has 3 aliphatic rings. The van der Waals surface area contributed by atoms with E-state index in [1.165, 1.54) is 81.1 Å². The van der Waals surface area contributed by atoms with Crippen molar-refractivity contribution in [3.8, 4) is 5.75 Å². The van der Waals surface area contributed by atoms with E-state index in [1.807, 2.05) is 32.0 Å². The summed E-state index contributed by atoms with van der Waals surface area (Å²) in [5.41, 5.74) is 24.7. The zero-order valence-electron chi connectivity index (χ0n) is 84.8. The molecule has 26 N–H and O–H groups in total. The smallest absolute Gasteiger partial charge is 0.246 e. The van der Waals surface area contributed by atoms with Crippen molar-refractivity contribution < 1.29 is 106 Å². The highest BCUT2D eigenvalue weighted by molar-refractivity contribution is 8.00. The lowest BCUT2D eigenvalue weighted by atomic mass is 9.90. The number of benzene rings is 3. The largest absolute Gasteiger partial charge is 0.508 e. The standard InChI is InChI=1S/C99H140N26O22S2/c1-9-11-24-75-92(141)114-65(23-17-33-106-99(103)104)89(138)120-73(88(137)110-47-82(131)108-46-81(130)109-48-83(132)113-71(43-100)85(102)134)51-148-52-84(133)112-68(37-56-29-31-61(127)32-30-56)94(143)121(6)55(5)86(135)116-70(42-80(101)129)97(146)125-35-19-27-76(125)93(142)115-66(41-60-45-105-53-111-60)90(139)117-67(36-54(3)4)96(145)124-34-18-26-74(124)78(128)40-57(38-58-44-107-64-22-15-13-20-62(58)64)87(136)119-72(49-126)91(140)118-69(39-59-50-149-79-28-16-14-21-63(59)79)95(144)123(8)77(25-12-10-2)98(147)122(75)7/h13-16,20-22,28-32,44-45,50,53-55,57,65-77,107,126-127H,9-12,17-19,23-27,33-43,46-49,51-52,100H2,1-8H3,(H2,101,129)(H2,102,134)(H,105,111)(H,108,131)(H,109,130)(H,110,137)(H,112,133)(H,113,132)(H,114,141)(H,115,142)(H,116,135)(H,117,139)(H,118,140)(H,119,136)(H,120,138)(H4,103,104,106)/t55-,57+,65-,66-,67-,68-,69-,70-,71+,72-,73-,74-,75-,76-,77-/m0/s1. The fourth-order valence-electron chi connectivity index (χ4n) is 17.9. The van der Waals surface area contributed by atoms with Crippen LogP contribution in [0.15, 0.2) is 96.9 Å². The predicted octanol–water partition coefficient (Wildman–Crippen LogP) is -3.40. The van der Waals surface area contributed by atoms with Gasteiger partial charge in [0.2, 0.25) is 112 Å². The molecule has 0 spiro atoms. The Morgan fingerprint density at radius 2 is 1.13 bits per heavy atom. The van der Waals surface area contributed by atoms with Gasteiger partial charge in [-0.25, -0.2) is 4.98 Å². The Kier molecular flexibility index (Phi) is 45.6. The van der Waals surface area contributed by atoms with Gasteiger partial charge in [-0.05, 0) is 129 Å². The molecule has 6 heterocycles. The molecule has 3 saturated heterocycles. The number of aromatic nitrogens is 3. The van der Waals surface area contributed by atoms with Crippen LogP contribution in [-0.2, 0) is 122 Å². The molecule has 149 heavy (non-hydrogen) atoms. The van der Waals surface area contributed by atoms with Crippen LogP contribution >= 0.6 is 23.1 Å². The topological polar surface area (TPSA) is 727 Å². The fourth-order valence-corrected chi connectivity index (χ4v) is 19.8. The summed E-state index contributed by atoms with van der Waals surface area (Å²) in [5.74, 6) is -21.8. The summed E-state index contributed by atoms with van der Waals surface area (Å²) in [7, 11) is 3.88. The predicted molar refractivity (Wildman–Crippen MR) is 550 cm³/mol. The fraction of sp³-hybridized carbons (Fsp3) is 0.535. The summed E-state index contributed by atoms with van der Waals surface area (Å²) < 4.78 is 0.809. The Morgan fingerprint density at radius 3 is 1.78 bits per heavy atom. The number of hydrogen-bond donors (Lipinski definition) is 22. The molecule has 3 fully saturated rings. The number of nitrogens with two attached hydrogens (primary N) is 4. The number of aliphatic hydroxyl groups excluding tert-OH is 1. The number of para-hydroxylation sites is 1. The van der Waals surface area contributed by atoms with Crippen LogP contribution in [0.2, 0.25) is 0 Å². The summed E-state index contributed by atoms with van der Waals surface area (Å²) in [4.78, 5) is 307. The lowest BCUT2D eigenvalue weighted by Gasteiger charge is -2.36. The minimum Gasteiger partial charge on any atom is -0.508 e. The molecule has 0 saturated carbocycles. The number of rotatable bonds is 33. The molecule has 48 nitrogen and oxygen atoms in total. The normalized spacial score (nSPS) is 23.2. The van der Waals surface area contributed by atoms with E-state index in [-0.39, 0.29) is 121 Å². The molecule has 3 aromatic heterocycles. The van der Waals surface area contributed by atoms with Crippen molar-refractivity contribution in [2.75, 3.05) is 85.1 Å². The monoisotopic (exact) mass is 2110 g/mol. The van der Waals surface area contributed by atoms with Crippen LogP contribution in [0.1, 0.15) is 153 Å². The van der Waals surface area contributed by atoms with Crippen LogP contribution in [0.4, 0.5) is 0 Å². The number of amides is 19. The van der Waals surface area contributed by atoms with Gasteiger partial charge in [0.1, 0.15) is 84.3 Å². The van der Waals surface area contributed by atoms with Crippen molar-refractivity contribution >= 4 is 168 Å². The summed E-state index contributed by atoms with van der Waals surface area (Å²) in [6, 6.07) is -1.40. The van der Waals surface area contributed by atoms with Gasteiger partial charge in [-0.15, -0.1) is 23.1 Å². The summed E-state index contributed by atoms with van der Waals surface area (Å²) in [6.07, 6.45) is 3.73. The van der Waals surface area contributed by atoms with Crippen LogP contribution in [0, 0.1) is 17.2 Å². The third-order valence-electron chi connectivity index (χ3n) is 26.3. The molecule has 15 atom stereocenters. The maximum Gasteiger partial charge on any atom is 0.246 e. The first kappa shape index (κ1) is 118. The SMILES string of the molecule is CCCC[C@H]1C(=O)N(C)[C@@H](CCCC)C(=O)N[C@@H](CCCNC(=N)N)C(=O)N[C@H](C(=O)NCC(=O)NCC(=O)NCC(=O)N[C@H](CN)C(N)=O)CSCC(=O)N[C@@H](Cc2ccc(O)cc2)C(=O)N(C)[C@@H](C)C(=O)N[C@@H](CC(N)=O)C(=O)N2CCC[C@H]2C(=O)N[C@@H](Cc2cnc[nH]2)C(=O)N[C@@H](CC(C)C)C(=O)N2CCC[C@H]2C(=O)C[C@@H](Cc2c[nH]c3ccccc23)C(=O)N[C@@H](CO)C(=O)N[C@@H](Cc2csc3ccccc23)C(=O)N1C. The van der Waals surface area contributed by atoms with E-state index < -0.39 is 265 Å². The zero-order valence-corrected chi connectivity index (χ0v) is 86.5. The molecule has 0 aliphatic carbocycles. The van der Waals surface area contributed by atoms with Gasteiger partial charge in [0.15, 0.2) is 11.7 Å². The van der Waals surface area contributed by atoms with Gasteiger partial charge in [0, 0.05) is 118 Å². The number of aromatic hydroxyl groups is 1. The first-order valence-electron chi connectivity index (χ1n) is 49.8. The number of ketones is 1. The van der Waals surface area contributed by atoms with Gasteiger partial charge < -0.3 is 137 Å². The van der Waals surface area contributed by atoms with Crippen molar-refractivity contribution in [2.45, 2.75) is 241 Å². The molecule has 50 heteroatoms. The molecule has 6 aromatic rings. The van der Waals surface area contributed by atoms with Gasteiger partial charge >= 0.3 is 0 Å². The Balaban J connectivity index is 1.10. The number of H-pyrrole nitrogens is 2. The van der Waals surface area contributed by atoms with Gasteiger partial charge in [0.25, 0.3) is 0 Å². The number of thiophene rings is 1. The van der Waals surface area contributed by atoms with Crippen molar-refractivity contribution in [2.24, 2.45) is 34.8 Å². The van der Waals surface area contributed by atoms with E-state index in [1.54, 1.807) is 55.8 Å². The number of phenols is 1. The number of phenolic OH excluding ortho intramolecular Hbond substituents is 1. The number of guanidine groups is 1. The van der Waals surface area contributed by atoms with E-state index in [9.17, 15) is 53.4 Å². The van der Waals surface area contributed by atoms with E-state index >= 15 is 52.7 Å². The Morgan fingerprint density at radius 1 is 0.557 bits per heavy atom. The molecule has 810 valence electrons. The number of aromatic amines is 2. The van der Waals surface area contributed by atoms with Crippen LogP contribution in [0.5, 0.6) is 5.75 Å². The second kappa shape index (κ2) is 57.6. The summed E-state index contributed by atoms with van der Waals surface area (Å²) in [6.45, 7) is 4.56. The number of unbranched alkanes of at least 4 members (excludes halogenated alkanes) is 2. The minimum absolute atomic E-state index is 0.00228. The van der Waals surface area contributed by atoms with Crippen molar-refractivity contribution in [3.05, 3.63) is 119 Å². The second-order valence-corrected chi connectivity index (χ2v) is 39.8. The number of nitrogens with one attached hydrogen (secondary N) is 16. The van der Waals surface area contributed by atoms with Crippen molar-refractivity contribution in [1.82, 2.24) is 109 Å². The summed E-state index contributed by atoms with van der Waals surface area (Å²) in [5, 5.41) is 66.1. The molecule has 3 aliphatic heterocycles. The van der Waals surface area contributed by atoms with E-state index in [0.29, 0.717) is 76.1 Å². The van der Waals surface area contributed by atoms with Crippen LogP contribution in [0.3, 0.4) is 0 Å². The molecule has 0 bridgehead atoms. The highest BCUT2D eigenvalue weighted by Gasteiger charge is 2.46. The van der Waals surface area contributed by atoms with E-state index in [2.05, 4.69) is 84.1 Å². The van der Waals surface area contributed by atoms with Gasteiger partial charge in [-0.1, -0.05) is 102 Å². The zero-order chi connectivity index (χ0) is 109. The van der Waals surface area contributed by atoms with Gasteiger partial charge in [0.05, 0.1) is 50.8 Å². The summed E-state index contributed by atoms with van der Waals surface area (Å²) >= 11 is 2.04.